The summed E-state index contributed by atoms with van der Waals surface area (Å²) < 4.78 is 5.21. The molecule has 3 rings (SSSR count). The number of rotatable bonds is 4. The van der Waals surface area contributed by atoms with Crippen LogP contribution in [0.15, 0.2) is 28.1 Å². The Morgan fingerprint density at radius 1 is 1.60 bits per heavy atom. The Kier molecular flexibility index (Phi) is 3.61. The van der Waals surface area contributed by atoms with Crippen molar-refractivity contribution < 1.29 is 9.32 Å². The van der Waals surface area contributed by atoms with E-state index in [1.54, 1.807) is 17.4 Å². The summed E-state index contributed by atoms with van der Waals surface area (Å²) in [5, 5.41) is 6.03. The van der Waals surface area contributed by atoms with Gasteiger partial charge in [-0.25, -0.2) is 0 Å². The van der Waals surface area contributed by atoms with Crippen LogP contribution < -0.4 is 0 Å². The number of carbonyl (C=O) groups is 1. The zero-order valence-electron chi connectivity index (χ0n) is 11.7. The minimum absolute atomic E-state index is 0.0443. The number of hydrogen-bond donors (Lipinski definition) is 0. The molecule has 106 valence electrons. The van der Waals surface area contributed by atoms with Crippen molar-refractivity contribution in [3.05, 3.63) is 39.9 Å². The van der Waals surface area contributed by atoms with Gasteiger partial charge in [0, 0.05) is 17.5 Å². The molecule has 1 saturated heterocycles. The van der Waals surface area contributed by atoms with E-state index in [9.17, 15) is 4.79 Å². The van der Waals surface area contributed by atoms with Gasteiger partial charge in [-0.1, -0.05) is 25.1 Å². The maximum absolute atomic E-state index is 12.4. The van der Waals surface area contributed by atoms with Crippen molar-refractivity contribution in [3.8, 4) is 0 Å². The Bertz CT molecular complexity index is 589. The van der Waals surface area contributed by atoms with Crippen molar-refractivity contribution in [2.75, 3.05) is 6.54 Å². The predicted octanol–water partition coefficient (Wildman–Crippen LogP) is 3.52. The molecule has 1 amide bonds. The molecule has 5 heteroatoms. The minimum atomic E-state index is -0.0443. The molecule has 20 heavy (non-hydrogen) atoms. The fourth-order valence-corrected chi connectivity index (χ4v) is 3.35. The average molecular weight is 290 g/mol. The van der Waals surface area contributed by atoms with Gasteiger partial charge < -0.3 is 9.42 Å². The third kappa shape index (κ3) is 2.50. The van der Waals surface area contributed by atoms with Crippen LogP contribution in [0.4, 0.5) is 0 Å². The van der Waals surface area contributed by atoms with Crippen LogP contribution in [0.1, 0.15) is 47.4 Å². The molecule has 0 radical (unpaired) electrons. The normalized spacial score (nSPS) is 18.4. The fourth-order valence-electron chi connectivity index (χ4n) is 2.48. The number of aromatic nitrogens is 1. The first kappa shape index (κ1) is 13.4. The number of amides is 1. The lowest BCUT2D eigenvalue weighted by Gasteiger charge is -2.39. The fraction of sp³-hybridized carbons (Fsp3) is 0.467. The molecule has 0 bridgehead atoms. The van der Waals surface area contributed by atoms with Gasteiger partial charge in [0.25, 0.3) is 5.91 Å². The highest BCUT2D eigenvalue weighted by atomic mass is 32.1. The van der Waals surface area contributed by atoms with E-state index >= 15 is 0 Å². The van der Waals surface area contributed by atoms with Gasteiger partial charge in [0.1, 0.15) is 0 Å². The van der Waals surface area contributed by atoms with E-state index in [0.717, 1.165) is 25.1 Å². The van der Waals surface area contributed by atoms with Gasteiger partial charge in [-0.3, -0.25) is 4.79 Å². The van der Waals surface area contributed by atoms with Crippen molar-refractivity contribution in [3.63, 3.8) is 0 Å². The summed E-state index contributed by atoms with van der Waals surface area (Å²) in [6, 6.07) is 6.10. The summed E-state index contributed by atoms with van der Waals surface area (Å²) in [6.45, 7) is 5.04. The molecule has 1 atom stereocenters. The molecule has 1 unspecified atom stereocenters. The minimum Gasteiger partial charge on any atom is -0.351 e. The second-order valence-corrected chi connectivity index (χ2v) is 6.58. The Balaban J connectivity index is 1.71. The molecule has 1 aliphatic rings. The SMILES string of the molecule is CC(C)Cc1cc(C(=O)N2CCC2c2cccs2)on1. The second-order valence-electron chi connectivity index (χ2n) is 5.60. The highest BCUT2D eigenvalue weighted by Crippen LogP contribution is 2.36. The van der Waals surface area contributed by atoms with Crippen LogP contribution in [-0.4, -0.2) is 22.5 Å². The van der Waals surface area contributed by atoms with Crippen molar-refractivity contribution in [2.24, 2.45) is 5.92 Å². The van der Waals surface area contributed by atoms with Gasteiger partial charge in [-0.2, -0.15) is 0 Å². The van der Waals surface area contributed by atoms with E-state index in [2.05, 4.69) is 25.1 Å². The first-order chi connectivity index (χ1) is 9.65. The van der Waals surface area contributed by atoms with E-state index in [4.69, 9.17) is 4.52 Å². The first-order valence-corrected chi connectivity index (χ1v) is 7.83. The molecule has 0 N–H and O–H groups in total. The summed E-state index contributed by atoms with van der Waals surface area (Å²) in [7, 11) is 0. The van der Waals surface area contributed by atoms with Crippen LogP contribution in [0.2, 0.25) is 0 Å². The largest absolute Gasteiger partial charge is 0.351 e. The molecule has 2 aromatic heterocycles. The standard InChI is InChI=1S/C15H18N2O2S/c1-10(2)8-11-9-13(19-16-11)15(18)17-6-5-12(17)14-4-3-7-20-14/h3-4,7,9-10,12H,5-6,8H2,1-2H3. The topological polar surface area (TPSA) is 46.3 Å². The maximum atomic E-state index is 12.4. The molecular formula is C15H18N2O2S. The number of likely N-dealkylation sites (tertiary alicyclic amines) is 1. The number of nitrogens with zero attached hydrogens (tertiary/aromatic N) is 2. The highest BCUT2D eigenvalue weighted by molar-refractivity contribution is 7.10. The van der Waals surface area contributed by atoms with Gasteiger partial charge >= 0.3 is 0 Å². The van der Waals surface area contributed by atoms with E-state index in [0.29, 0.717) is 11.7 Å². The van der Waals surface area contributed by atoms with E-state index in [1.807, 2.05) is 16.3 Å². The van der Waals surface area contributed by atoms with E-state index in [-0.39, 0.29) is 11.9 Å². The number of carbonyl (C=O) groups excluding carboxylic acids is 1. The van der Waals surface area contributed by atoms with Crippen LogP contribution in [0.25, 0.3) is 0 Å². The van der Waals surface area contributed by atoms with E-state index < -0.39 is 0 Å². The summed E-state index contributed by atoms with van der Waals surface area (Å²) in [6.07, 6.45) is 1.87. The zero-order chi connectivity index (χ0) is 14.1. The Labute approximate surface area is 122 Å². The molecule has 0 aliphatic carbocycles. The van der Waals surface area contributed by atoms with Crippen LogP contribution in [0, 0.1) is 5.92 Å². The number of hydrogen-bond acceptors (Lipinski definition) is 4. The summed E-state index contributed by atoms with van der Waals surface area (Å²) in [5.41, 5.74) is 0.858. The van der Waals surface area contributed by atoms with Gasteiger partial charge in [0.05, 0.1) is 11.7 Å². The third-order valence-corrected chi connectivity index (χ3v) is 4.51. The average Bonchev–Trinajstić information content (AvgIpc) is 2.98. The first-order valence-electron chi connectivity index (χ1n) is 6.95. The summed E-state index contributed by atoms with van der Waals surface area (Å²) in [4.78, 5) is 15.5. The van der Waals surface area contributed by atoms with Crippen molar-refractivity contribution in [1.29, 1.82) is 0 Å². The van der Waals surface area contributed by atoms with Gasteiger partial charge in [-0.05, 0) is 30.2 Å². The Hall–Kier alpha value is -1.62. The highest BCUT2D eigenvalue weighted by Gasteiger charge is 2.36. The molecular weight excluding hydrogens is 272 g/mol. The molecule has 0 spiro atoms. The molecule has 1 fully saturated rings. The molecule has 3 heterocycles. The van der Waals surface area contributed by atoms with Crippen molar-refractivity contribution in [1.82, 2.24) is 10.1 Å². The lowest BCUT2D eigenvalue weighted by Crippen LogP contribution is -2.44. The van der Waals surface area contributed by atoms with E-state index in [1.165, 1.54) is 4.88 Å². The molecule has 2 aromatic rings. The van der Waals surface area contributed by atoms with Crippen molar-refractivity contribution >= 4 is 17.2 Å². The Morgan fingerprint density at radius 2 is 2.45 bits per heavy atom. The zero-order valence-corrected chi connectivity index (χ0v) is 12.5. The molecule has 0 aromatic carbocycles. The lowest BCUT2D eigenvalue weighted by molar-refractivity contribution is 0.0426. The lowest BCUT2D eigenvalue weighted by atomic mass is 10.0. The maximum Gasteiger partial charge on any atom is 0.293 e. The number of thiophene rings is 1. The monoisotopic (exact) mass is 290 g/mol. The van der Waals surface area contributed by atoms with Gasteiger partial charge in [0.2, 0.25) is 5.76 Å². The third-order valence-electron chi connectivity index (χ3n) is 3.54. The van der Waals surface area contributed by atoms with Crippen LogP contribution in [-0.2, 0) is 6.42 Å². The Morgan fingerprint density at radius 3 is 3.05 bits per heavy atom. The van der Waals surface area contributed by atoms with Gasteiger partial charge in [-0.15, -0.1) is 11.3 Å². The van der Waals surface area contributed by atoms with Crippen LogP contribution >= 0.6 is 11.3 Å². The molecule has 0 saturated carbocycles. The van der Waals surface area contributed by atoms with Gasteiger partial charge in [0.15, 0.2) is 0 Å². The van der Waals surface area contributed by atoms with Crippen LogP contribution in [0.5, 0.6) is 0 Å². The van der Waals surface area contributed by atoms with Crippen LogP contribution in [0.3, 0.4) is 0 Å². The smallest absolute Gasteiger partial charge is 0.293 e. The quantitative estimate of drug-likeness (QED) is 0.865. The second kappa shape index (κ2) is 5.40. The summed E-state index contributed by atoms with van der Waals surface area (Å²) >= 11 is 1.70. The summed E-state index contributed by atoms with van der Waals surface area (Å²) in [5.74, 6) is 0.824. The predicted molar refractivity (Wildman–Crippen MR) is 77.8 cm³/mol. The molecule has 1 aliphatic heterocycles. The molecule has 4 nitrogen and oxygen atoms in total. The van der Waals surface area contributed by atoms with Crippen molar-refractivity contribution in [2.45, 2.75) is 32.7 Å².